The van der Waals surface area contributed by atoms with E-state index in [0.29, 0.717) is 65.1 Å². The molecule has 14 bridgehead atoms. The van der Waals surface area contributed by atoms with Crippen LogP contribution in [0.4, 0.5) is 0 Å². The number of ketones is 3. The predicted octanol–water partition coefficient (Wildman–Crippen LogP) is 3.98. The maximum atomic E-state index is 13.2. The van der Waals surface area contributed by atoms with Crippen LogP contribution in [0.1, 0.15) is 65.5 Å². The SMILES string of the molecule is O=C1CC2C=CC1C1=C2c2nc1nc1nc(nc3ccc(nc4[nH]c(n2)c2c4C4C=CC2C(=O)C4)[nH]3)C2=C1C1C=CC2C(=O)C1. The zero-order valence-electron chi connectivity index (χ0n) is 23.6. The van der Waals surface area contributed by atoms with Crippen molar-refractivity contribution in [2.24, 2.45) is 23.7 Å². The Morgan fingerprint density at radius 1 is 0.467 bits per heavy atom. The first-order valence-corrected chi connectivity index (χ1v) is 15.3. The molecule has 11 heteroatoms. The van der Waals surface area contributed by atoms with Crippen LogP contribution in [0.3, 0.4) is 0 Å². The summed E-state index contributed by atoms with van der Waals surface area (Å²) in [6, 6.07) is 3.68. The molecule has 2 N–H and O–H groups in total. The molecule has 0 fully saturated rings. The van der Waals surface area contributed by atoms with Gasteiger partial charge in [0.15, 0.2) is 23.3 Å². The molecule has 0 saturated carbocycles. The second kappa shape index (κ2) is 7.98. The van der Waals surface area contributed by atoms with Gasteiger partial charge < -0.3 is 9.97 Å². The van der Waals surface area contributed by atoms with E-state index < -0.39 is 17.8 Å². The van der Waals surface area contributed by atoms with Crippen molar-refractivity contribution in [1.29, 1.82) is 0 Å². The van der Waals surface area contributed by atoms with Gasteiger partial charge >= 0.3 is 0 Å². The summed E-state index contributed by atoms with van der Waals surface area (Å²) in [7, 11) is 0. The first-order chi connectivity index (χ1) is 22.0. The molecule has 3 aromatic heterocycles. The van der Waals surface area contributed by atoms with Crippen molar-refractivity contribution in [1.82, 2.24) is 39.9 Å². The number of nitrogens with one attached hydrogen (secondary N) is 2. The highest BCUT2D eigenvalue weighted by Crippen LogP contribution is 2.52. The van der Waals surface area contributed by atoms with Crippen molar-refractivity contribution in [2.45, 2.75) is 31.1 Å². The Morgan fingerprint density at radius 2 is 0.956 bits per heavy atom. The molecular formula is C34H22N8O3. The van der Waals surface area contributed by atoms with Crippen LogP contribution in [0.2, 0.25) is 0 Å². The number of hydrogen-bond acceptors (Lipinski definition) is 9. The molecule has 5 heterocycles. The quantitative estimate of drug-likeness (QED) is 0.369. The maximum Gasteiger partial charge on any atom is 0.161 e. The molecule has 45 heavy (non-hydrogen) atoms. The van der Waals surface area contributed by atoms with Crippen LogP contribution in [-0.2, 0) is 14.4 Å². The Bertz CT molecular complexity index is 2370. The fraction of sp³-hybridized carbons (Fsp3) is 0.265. The van der Waals surface area contributed by atoms with Gasteiger partial charge in [-0.25, -0.2) is 29.9 Å². The topological polar surface area (TPSA) is 160 Å². The van der Waals surface area contributed by atoms with Gasteiger partial charge in [0.25, 0.3) is 0 Å². The van der Waals surface area contributed by atoms with E-state index in [1.165, 1.54) is 0 Å². The van der Waals surface area contributed by atoms with E-state index in [1.807, 2.05) is 30.4 Å². The first-order valence-electron chi connectivity index (χ1n) is 15.3. The molecule has 11 nitrogen and oxygen atoms in total. The van der Waals surface area contributed by atoms with Crippen molar-refractivity contribution in [3.8, 4) is 0 Å². The van der Waals surface area contributed by atoms with Crippen LogP contribution >= 0.6 is 0 Å². The number of hydrogen-bond donors (Lipinski definition) is 2. The Balaban J connectivity index is 1.27. The van der Waals surface area contributed by atoms with E-state index >= 15 is 0 Å². The van der Waals surface area contributed by atoms with Crippen molar-refractivity contribution in [3.63, 3.8) is 0 Å². The highest BCUT2D eigenvalue weighted by molar-refractivity contribution is 6.11. The number of fused-ring (bicyclic) bond motifs is 11. The minimum atomic E-state index is -0.462. The maximum absolute atomic E-state index is 13.2. The summed E-state index contributed by atoms with van der Waals surface area (Å²) in [5.74, 6) is 0.543. The van der Waals surface area contributed by atoms with Gasteiger partial charge in [0.05, 0.1) is 17.8 Å². The fourth-order valence-corrected chi connectivity index (χ4v) is 8.58. The Labute approximate surface area is 254 Å². The molecule has 9 aliphatic carbocycles. The molecular weight excluding hydrogens is 568 g/mol. The highest BCUT2D eigenvalue weighted by atomic mass is 16.1. The molecule has 3 aromatic rings. The Kier molecular flexibility index (Phi) is 4.24. The Morgan fingerprint density at radius 3 is 1.60 bits per heavy atom. The van der Waals surface area contributed by atoms with E-state index in [2.05, 4.69) is 28.2 Å². The van der Waals surface area contributed by atoms with Crippen molar-refractivity contribution < 1.29 is 14.4 Å². The van der Waals surface area contributed by atoms with Gasteiger partial charge in [-0.15, -0.1) is 0 Å². The van der Waals surface area contributed by atoms with Crippen LogP contribution in [0.5, 0.6) is 0 Å². The molecule has 0 spiro atoms. The second-order valence-electron chi connectivity index (χ2n) is 12.9. The predicted molar refractivity (Wildman–Crippen MR) is 162 cm³/mol. The van der Waals surface area contributed by atoms with Gasteiger partial charge in [0, 0.05) is 70.4 Å². The number of carbonyl (C=O) groups excluding carboxylic acids is 3. The monoisotopic (exact) mass is 590 g/mol. The largest absolute Gasteiger partial charge is 0.325 e. The summed E-state index contributed by atoms with van der Waals surface area (Å²) in [6.07, 6.45) is 13.3. The zero-order valence-corrected chi connectivity index (χ0v) is 23.6. The molecule has 0 amide bonds. The average molecular weight is 591 g/mol. The lowest BCUT2D eigenvalue weighted by atomic mass is 9.70. The van der Waals surface area contributed by atoms with E-state index in [-0.39, 0.29) is 35.1 Å². The molecule has 0 radical (unpaired) electrons. The molecule has 6 unspecified atom stereocenters. The number of allylic oxidation sites excluding steroid dienone is 10. The summed E-state index contributed by atoms with van der Waals surface area (Å²) in [4.78, 5) is 75.9. The molecule has 0 saturated heterocycles. The minimum absolute atomic E-state index is 0.0968. The lowest BCUT2D eigenvalue weighted by Gasteiger charge is -2.31. The van der Waals surface area contributed by atoms with Gasteiger partial charge in [0.1, 0.15) is 39.9 Å². The summed E-state index contributed by atoms with van der Waals surface area (Å²) < 4.78 is 0. The van der Waals surface area contributed by atoms with Gasteiger partial charge in [-0.1, -0.05) is 36.5 Å². The van der Waals surface area contributed by atoms with Crippen LogP contribution in [0.25, 0.3) is 44.9 Å². The van der Waals surface area contributed by atoms with Gasteiger partial charge in [-0.3, -0.25) is 14.4 Å². The molecule has 0 aromatic carbocycles. The van der Waals surface area contributed by atoms with Crippen LogP contribution in [0.15, 0.2) is 48.6 Å². The summed E-state index contributed by atoms with van der Waals surface area (Å²) in [5, 5.41) is 0. The van der Waals surface area contributed by atoms with Gasteiger partial charge in [-0.05, 0) is 12.1 Å². The second-order valence-corrected chi connectivity index (χ2v) is 12.9. The normalized spacial score (nSPS) is 29.6. The number of aromatic nitrogens is 8. The third-order valence-electron chi connectivity index (χ3n) is 10.5. The van der Waals surface area contributed by atoms with Crippen molar-refractivity contribution >= 4 is 62.2 Å². The van der Waals surface area contributed by atoms with E-state index in [4.69, 9.17) is 29.9 Å². The standard InChI is InChI=1S/C34H22N8O3/c43-18-10-13-2-4-15(18)26-24(13)30-39-32(26)37-22-8-7-21(35-22)36-29-23-12-1-5-16(19(44)9-12)27(23)33(38-29)41-31-25-14-3-6-17(20(45)11-14)28(25)34(40-30)42-31/h1-8,12-17H,9-11H2,(H2,35,36,37,38,39,40,41,42). The lowest BCUT2D eigenvalue weighted by Crippen LogP contribution is -2.29. The van der Waals surface area contributed by atoms with Crippen molar-refractivity contribution in [3.05, 3.63) is 83.0 Å². The van der Waals surface area contributed by atoms with Gasteiger partial charge in [-0.2, -0.15) is 0 Å². The third kappa shape index (κ3) is 3.02. The van der Waals surface area contributed by atoms with Crippen LogP contribution < -0.4 is 0 Å². The number of nitrogens with zero attached hydrogens (tertiary/aromatic N) is 6. The first kappa shape index (κ1) is 23.9. The van der Waals surface area contributed by atoms with E-state index in [9.17, 15) is 14.4 Å². The fourth-order valence-electron chi connectivity index (χ4n) is 8.58. The summed E-state index contributed by atoms with van der Waals surface area (Å²) in [5.41, 5.74) is 7.47. The van der Waals surface area contributed by atoms with E-state index in [0.717, 1.165) is 33.4 Å². The van der Waals surface area contributed by atoms with E-state index in [1.54, 1.807) is 0 Å². The zero-order chi connectivity index (χ0) is 29.7. The number of Topliss-reactive ketones (excluding diaryl/α,β-unsaturated/α-hetero) is 3. The number of aromatic amines is 2. The molecule has 14 rings (SSSR count). The Hall–Kier alpha value is -5.45. The number of H-pyrrole nitrogens is 2. The smallest absolute Gasteiger partial charge is 0.161 e. The molecule has 11 aliphatic rings. The van der Waals surface area contributed by atoms with Crippen molar-refractivity contribution in [2.75, 3.05) is 0 Å². The number of rotatable bonds is 0. The number of carbonyl (C=O) groups is 3. The third-order valence-corrected chi connectivity index (χ3v) is 10.5. The minimum Gasteiger partial charge on any atom is -0.325 e. The summed E-state index contributed by atoms with van der Waals surface area (Å²) in [6.45, 7) is 0. The average Bonchev–Trinajstić information content (AvgIpc) is 3.81. The highest BCUT2D eigenvalue weighted by Gasteiger charge is 2.46. The van der Waals surface area contributed by atoms with Gasteiger partial charge in [0.2, 0.25) is 0 Å². The molecule has 2 aliphatic heterocycles. The summed E-state index contributed by atoms with van der Waals surface area (Å²) >= 11 is 0. The van der Waals surface area contributed by atoms with Crippen LogP contribution in [-0.4, -0.2) is 57.2 Å². The van der Waals surface area contributed by atoms with Crippen LogP contribution in [0, 0.1) is 23.7 Å². The lowest BCUT2D eigenvalue weighted by molar-refractivity contribution is -0.121. The molecule has 216 valence electrons. The molecule has 6 atom stereocenters.